The van der Waals surface area contributed by atoms with Gasteiger partial charge in [-0.05, 0) is 0 Å². The number of nitrogens with one attached hydrogen (secondary N) is 1. The maximum absolute atomic E-state index is 12.2. The first-order chi connectivity index (χ1) is 9.65. The molecule has 1 aliphatic heterocycles. The summed E-state index contributed by atoms with van der Waals surface area (Å²) < 4.78 is 8.59. The van der Waals surface area contributed by atoms with E-state index in [-0.39, 0.29) is 20.5 Å². The SMILES string of the molecule is Cc1cc(Cl)c(C(=O)Nc2cccc3c2N=[Se]=N3)cn1. The van der Waals surface area contributed by atoms with Crippen LogP contribution < -0.4 is 5.32 Å². The summed E-state index contributed by atoms with van der Waals surface area (Å²) in [4.78, 5) is 16.3. The molecule has 1 aromatic carbocycles. The second-order valence-corrected chi connectivity index (χ2v) is 5.71. The van der Waals surface area contributed by atoms with E-state index in [1.165, 1.54) is 6.20 Å². The average molecular weight is 352 g/mol. The molecule has 2 aromatic rings. The van der Waals surface area contributed by atoms with Crippen molar-refractivity contribution >= 4 is 49.1 Å². The number of aryl methyl sites for hydroxylation is 1. The van der Waals surface area contributed by atoms with E-state index >= 15 is 0 Å². The number of carbonyl (C=O) groups is 1. The van der Waals surface area contributed by atoms with Crippen LogP contribution in [0.25, 0.3) is 0 Å². The maximum atomic E-state index is 12.2. The van der Waals surface area contributed by atoms with Gasteiger partial charge in [0.05, 0.1) is 0 Å². The number of rotatable bonds is 2. The molecule has 20 heavy (non-hydrogen) atoms. The predicted molar refractivity (Wildman–Crippen MR) is 78.3 cm³/mol. The first-order valence-corrected chi connectivity index (χ1v) is 7.71. The zero-order valence-corrected chi connectivity index (χ0v) is 12.9. The molecule has 2 heterocycles. The molecule has 0 radical (unpaired) electrons. The molecule has 0 unspecified atom stereocenters. The summed E-state index contributed by atoms with van der Waals surface area (Å²) in [5.41, 5.74) is 3.30. The Hall–Kier alpha value is -1.75. The topological polar surface area (TPSA) is 66.7 Å². The van der Waals surface area contributed by atoms with Crippen LogP contribution >= 0.6 is 11.6 Å². The summed E-state index contributed by atoms with van der Waals surface area (Å²) in [5, 5.41) is 3.19. The molecule has 1 aromatic heterocycles. The predicted octanol–water partition coefficient (Wildman–Crippen LogP) is 3.64. The van der Waals surface area contributed by atoms with E-state index in [2.05, 4.69) is 18.2 Å². The number of benzene rings is 1. The molecule has 0 fully saturated rings. The Balaban J connectivity index is 1.91. The summed E-state index contributed by atoms with van der Waals surface area (Å²) >= 11 is 5.94. The van der Waals surface area contributed by atoms with Gasteiger partial charge in [-0.3, -0.25) is 0 Å². The van der Waals surface area contributed by atoms with Crippen molar-refractivity contribution in [2.45, 2.75) is 6.92 Å². The zero-order valence-electron chi connectivity index (χ0n) is 10.4. The van der Waals surface area contributed by atoms with Crippen LogP contribution in [0.1, 0.15) is 16.1 Å². The summed E-state index contributed by atoms with van der Waals surface area (Å²) in [7, 11) is 0. The quantitative estimate of drug-likeness (QED) is 0.716. The zero-order chi connectivity index (χ0) is 14.1. The van der Waals surface area contributed by atoms with Crippen LogP contribution in [0.5, 0.6) is 0 Å². The summed E-state index contributed by atoms with van der Waals surface area (Å²) in [5.74, 6) is -0.300. The van der Waals surface area contributed by atoms with Crippen molar-refractivity contribution in [2.75, 3.05) is 5.32 Å². The first kappa shape index (κ1) is 13.2. The first-order valence-electron chi connectivity index (χ1n) is 5.80. The summed E-state index contributed by atoms with van der Waals surface area (Å²) in [6.07, 6.45) is 1.47. The molecule has 0 bridgehead atoms. The van der Waals surface area contributed by atoms with E-state index in [9.17, 15) is 4.79 Å². The monoisotopic (exact) mass is 352 g/mol. The van der Waals surface area contributed by atoms with Gasteiger partial charge in [0, 0.05) is 0 Å². The van der Waals surface area contributed by atoms with Gasteiger partial charge in [-0.25, -0.2) is 0 Å². The van der Waals surface area contributed by atoms with Gasteiger partial charge in [0.25, 0.3) is 0 Å². The number of hydrogen-bond donors (Lipinski definition) is 1. The van der Waals surface area contributed by atoms with Crippen molar-refractivity contribution in [3.63, 3.8) is 0 Å². The van der Waals surface area contributed by atoms with Crippen molar-refractivity contribution in [1.29, 1.82) is 0 Å². The molecule has 3 rings (SSSR count). The fourth-order valence-electron chi connectivity index (χ4n) is 1.79. The van der Waals surface area contributed by atoms with Crippen molar-refractivity contribution in [2.24, 2.45) is 7.92 Å². The Morgan fingerprint density at radius 3 is 3.00 bits per heavy atom. The molecular formula is C13H9ClN4OSe. The molecular weight excluding hydrogens is 343 g/mol. The van der Waals surface area contributed by atoms with E-state index in [0.717, 1.165) is 17.1 Å². The number of aromatic nitrogens is 1. The average Bonchev–Trinajstić information content (AvgIpc) is 2.87. The molecule has 5 nitrogen and oxygen atoms in total. The molecule has 100 valence electrons. The molecule has 0 saturated carbocycles. The van der Waals surface area contributed by atoms with Crippen LogP contribution in [0.3, 0.4) is 0 Å². The Labute approximate surface area is 126 Å². The number of nitrogens with zero attached hydrogens (tertiary/aromatic N) is 3. The standard InChI is InChI=1S/C13H9ClN4OSe/c1-7-5-9(14)8(6-15-7)13(19)16-10-3-2-4-11-12(10)18-20-17-11/h2-6H,1H3,(H,16,19). The minimum absolute atomic E-state index is 0.133. The molecule has 1 aliphatic rings. The van der Waals surface area contributed by atoms with Gasteiger partial charge in [-0.15, -0.1) is 0 Å². The van der Waals surface area contributed by atoms with Gasteiger partial charge >= 0.3 is 126 Å². The van der Waals surface area contributed by atoms with Gasteiger partial charge in [0.2, 0.25) is 0 Å². The third-order valence-corrected chi connectivity index (χ3v) is 4.22. The molecule has 7 heteroatoms. The normalized spacial score (nSPS) is 11.9. The number of anilines is 1. The number of carbonyl (C=O) groups excluding carboxylic acids is 1. The van der Waals surface area contributed by atoms with Gasteiger partial charge in [0.15, 0.2) is 0 Å². The number of amides is 1. The van der Waals surface area contributed by atoms with E-state index in [1.807, 2.05) is 19.1 Å². The number of halogens is 1. The van der Waals surface area contributed by atoms with Gasteiger partial charge in [0.1, 0.15) is 0 Å². The van der Waals surface area contributed by atoms with Gasteiger partial charge < -0.3 is 0 Å². The van der Waals surface area contributed by atoms with Crippen molar-refractivity contribution < 1.29 is 4.79 Å². The van der Waals surface area contributed by atoms with Gasteiger partial charge in [-0.1, -0.05) is 0 Å². The Morgan fingerprint density at radius 2 is 2.20 bits per heavy atom. The van der Waals surface area contributed by atoms with Crippen molar-refractivity contribution in [3.8, 4) is 0 Å². The van der Waals surface area contributed by atoms with Crippen molar-refractivity contribution in [1.82, 2.24) is 4.98 Å². The van der Waals surface area contributed by atoms with Crippen LogP contribution in [0.4, 0.5) is 17.1 Å². The Morgan fingerprint density at radius 1 is 1.35 bits per heavy atom. The number of pyridine rings is 1. The molecule has 0 saturated heterocycles. The number of fused-ring (bicyclic) bond motifs is 1. The Kier molecular flexibility index (Phi) is 3.53. The molecule has 0 spiro atoms. The minimum atomic E-state index is -0.300. The summed E-state index contributed by atoms with van der Waals surface area (Å²) in [6, 6.07) is 7.18. The van der Waals surface area contributed by atoms with Crippen LogP contribution in [0, 0.1) is 6.92 Å². The molecule has 0 aliphatic carbocycles. The van der Waals surface area contributed by atoms with Crippen LogP contribution in [0.15, 0.2) is 38.4 Å². The van der Waals surface area contributed by atoms with Crippen LogP contribution in [-0.2, 0) is 0 Å². The van der Waals surface area contributed by atoms with Gasteiger partial charge in [-0.2, -0.15) is 0 Å². The van der Waals surface area contributed by atoms with E-state index < -0.39 is 0 Å². The van der Waals surface area contributed by atoms with Crippen LogP contribution in [-0.4, -0.2) is 25.5 Å². The second-order valence-electron chi connectivity index (χ2n) is 4.20. The van der Waals surface area contributed by atoms with Crippen LogP contribution in [0.2, 0.25) is 5.02 Å². The summed E-state index contributed by atoms with van der Waals surface area (Å²) in [6.45, 7) is 1.82. The second kappa shape index (κ2) is 5.32. The number of hydrogen-bond acceptors (Lipinski definition) is 4. The van der Waals surface area contributed by atoms with E-state index in [1.54, 1.807) is 12.1 Å². The van der Waals surface area contributed by atoms with Crippen molar-refractivity contribution in [3.05, 3.63) is 46.7 Å². The molecule has 1 amide bonds. The fraction of sp³-hybridized carbons (Fsp3) is 0.0769. The third-order valence-electron chi connectivity index (χ3n) is 2.77. The molecule has 1 N–H and O–H groups in total. The van der Waals surface area contributed by atoms with E-state index in [4.69, 9.17) is 11.6 Å². The third kappa shape index (κ3) is 2.45. The molecule has 0 atom stereocenters. The Bertz CT molecular complexity index is 784. The van der Waals surface area contributed by atoms with E-state index in [0.29, 0.717) is 16.3 Å². The fourth-order valence-corrected chi connectivity index (χ4v) is 3.24.